The number of aromatic nitrogens is 3. The molecule has 2 rings (SSSR count). The van der Waals surface area contributed by atoms with Crippen molar-refractivity contribution in [3.63, 3.8) is 0 Å². The molecule has 2 aromatic rings. The molecule has 0 saturated heterocycles. The quantitative estimate of drug-likeness (QED) is 0.785. The molecule has 5 nitrogen and oxygen atoms in total. The van der Waals surface area contributed by atoms with Crippen LogP contribution in [0.4, 0.5) is 0 Å². The summed E-state index contributed by atoms with van der Waals surface area (Å²) in [5, 5.41) is 4.44. The van der Waals surface area contributed by atoms with Gasteiger partial charge >= 0.3 is 0 Å². The zero-order valence-electron chi connectivity index (χ0n) is 11.6. The first-order valence-electron chi connectivity index (χ1n) is 6.33. The summed E-state index contributed by atoms with van der Waals surface area (Å²) in [6, 6.07) is 0. The third kappa shape index (κ3) is 3.86. The number of hydrogen-bond donors (Lipinski definition) is 1. The van der Waals surface area contributed by atoms with Gasteiger partial charge in [-0.05, 0) is 13.8 Å². The monoisotopic (exact) mass is 280 g/mol. The molecule has 0 aromatic carbocycles. The zero-order valence-corrected chi connectivity index (χ0v) is 12.5. The molecule has 0 bridgehead atoms. The number of thiazole rings is 1. The van der Waals surface area contributed by atoms with Crippen LogP contribution in [0.15, 0.2) is 12.4 Å². The summed E-state index contributed by atoms with van der Waals surface area (Å²) in [6.45, 7) is 7.25. The lowest BCUT2D eigenvalue weighted by molar-refractivity contribution is 0.199. The normalized spacial score (nSPS) is 11.1. The van der Waals surface area contributed by atoms with Gasteiger partial charge in [-0.25, -0.2) is 9.97 Å². The Morgan fingerprint density at radius 3 is 2.95 bits per heavy atom. The molecule has 2 aromatic heterocycles. The molecule has 0 spiro atoms. The van der Waals surface area contributed by atoms with Crippen LogP contribution in [0, 0.1) is 13.8 Å². The topological polar surface area (TPSA) is 52.0 Å². The second kappa shape index (κ2) is 6.79. The van der Waals surface area contributed by atoms with Crippen LogP contribution < -0.4 is 5.32 Å². The number of hydrogen-bond acceptors (Lipinski definition) is 5. The first-order chi connectivity index (χ1) is 9.20. The molecule has 0 aliphatic carbocycles. The first kappa shape index (κ1) is 14.2. The molecule has 0 unspecified atom stereocenters. The van der Waals surface area contributed by atoms with Gasteiger partial charge < -0.3 is 14.6 Å². The van der Waals surface area contributed by atoms with Gasteiger partial charge in [0.05, 0.1) is 25.4 Å². The summed E-state index contributed by atoms with van der Waals surface area (Å²) in [7, 11) is 1.70. The van der Waals surface area contributed by atoms with E-state index in [4.69, 9.17) is 4.74 Å². The van der Waals surface area contributed by atoms with Crippen LogP contribution in [0.2, 0.25) is 0 Å². The van der Waals surface area contributed by atoms with E-state index in [0.29, 0.717) is 6.61 Å². The average molecular weight is 280 g/mol. The number of imidazole rings is 1. The van der Waals surface area contributed by atoms with Gasteiger partial charge in [-0.1, -0.05) is 0 Å². The predicted octanol–water partition coefficient (Wildman–Crippen LogP) is 1.74. The highest BCUT2D eigenvalue weighted by Crippen LogP contribution is 2.17. The molecule has 0 radical (unpaired) electrons. The molecular weight excluding hydrogens is 260 g/mol. The van der Waals surface area contributed by atoms with Crippen LogP contribution in [0.1, 0.15) is 21.4 Å². The summed E-state index contributed by atoms with van der Waals surface area (Å²) in [6.07, 6.45) is 3.83. The largest absolute Gasteiger partial charge is 0.383 e. The molecule has 6 heteroatoms. The predicted molar refractivity (Wildman–Crippen MR) is 76.5 cm³/mol. The third-order valence-electron chi connectivity index (χ3n) is 2.95. The molecule has 0 atom stereocenters. The van der Waals surface area contributed by atoms with E-state index in [9.17, 15) is 0 Å². The minimum absolute atomic E-state index is 0.714. The Morgan fingerprint density at radius 2 is 2.26 bits per heavy atom. The van der Waals surface area contributed by atoms with Gasteiger partial charge in [0.2, 0.25) is 0 Å². The van der Waals surface area contributed by atoms with E-state index in [2.05, 4.69) is 33.7 Å². The van der Waals surface area contributed by atoms with Gasteiger partial charge in [0, 0.05) is 30.9 Å². The molecule has 2 heterocycles. The van der Waals surface area contributed by atoms with Crippen LogP contribution in [0.25, 0.3) is 0 Å². The van der Waals surface area contributed by atoms with Crippen LogP contribution in [0.5, 0.6) is 0 Å². The van der Waals surface area contributed by atoms with Crippen molar-refractivity contribution in [1.29, 1.82) is 0 Å². The second-order valence-corrected chi connectivity index (χ2v) is 5.68. The van der Waals surface area contributed by atoms with Gasteiger partial charge in [-0.15, -0.1) is 11.3 Å². The van der Waals surface area contributed by atoms with Crippen LogP contribution >= 0.6 is 11.3 Å². The maximum absolute atomic E-state index is 5.01. The highest BCUT2D eigenvalue weighted by molar-refractivity contribution is 7.11. The van der Waals surface area contributed by atoms with Crippen molar-refractivity contribution < 1.29 is 4.74 Å². The lowest BCUT2D eigenvalue weighted by atomic mass is 10.4. The molecule has 19 heavy (non-hydrogen) atoms. The van der Waals surface area contributed by atoms with E-state index < -0.39 is 0 Å². The first-order valence-corrected chi connectivity index (χ1v) is 7.15. The van der Waals surface area contributed by atoms with Gasteiger partial charge in [0.15, 0.2) is 0 Å². The fraction of sp³-hybridized carbons (Fsp3) is 0.538. The Morgan fingerprint density at radius 1 is 1.42 bits per heavy atom. The van der Waals surface area contributed by atoms with Crippen molar-refractivity contribution in [3.8, 4) is 0 Å². The molecule has 0 saturated carbocycles. The van der Waals surface area contributed by atoms with E-state index in [-0.39, 0.29) is 0 Å². The van der Waals surface area contributed by atoms with E-state index in [1.165, 1.54) is 4.88 Å². The summed E-state index contributed by atoms with van der Waals surface area (Å²) >= 11 is 1.75. The summed E-state index contributed by atoms with van der Waals surface area (Å²) in [5.41, 5.74) is 1.12. The van der Waals surface area contributed by atoms with Crippen molar-refractivity contribution in [2.24, 2.45) is 0 Å². The van der Waals surface area contributed by atoms with Crippen molar-refractivity contribution in [1.82, 2.24) is 19.9 Å². The molecular formula is C13H20N4OS. The van der Waals surface area contributed by atoms with Crippen LogP contribution in [0.3, 0.4) is 0 Å². The van der Waals surface area contributed by atoms with E-state index in [0.717, 1.165) is 36.2 Å². The van der Waals surface area contributed by atoms with E-state index in [1.54, 1.807) is 18.4 Å². The van der Waals surface area contributed by atoms with E-state index in [1.807, 2.05) is 12.4 Å². The van der Waals surface area contributed by atoms with Crippen molar-refractivity contribution in [2.45, 2.75) is 26.9 Å². The molecule has 0 aliphatic heterocycles. The Kier molecular flexibility index (Phi) is 5.07. The van der Waals surface area contributed by atoms with Crippen molar-refractivity contribution >= 4 is 11.3 Å². The third-order valence-corrected chi connectivity index (χ3v) is 4.00. The number of aryl methyl sites for hydroxylation is 2. The van der Waals surface area contributed by atoms with E-state index >= 15 is 0 Å². The fourth-order valence-corrected chi connectivity index (χ4v) is 2.71. The lowest BCUT2D eigenvalue weighted by Gasteiger charge is -2.07. The standard InChI is InChI=1S/C13H20N4OS/c1-10-11(2)19-13(16-10)9-17-6-4-15-12(17)8-14-5-7-18-3/h4,6,14H,5,7-9H2,1-3H3. The maximum atomic E-state index is 5.01. The Bertz CT molecular complexity index is 501. The van der Waals surface area contributed by atoms with Crippen LogP contribution in [-0.2, 0) is 17.8 Å². The Hall–Kier alpha value is -1.24. The number of nitrogens with zero attached hydrogens (tertiary/aromatic N) is 3. The zero-order chi connectivity index (χ0) is 13.7. The van der Waals surface area contributed by atoms with Gasteiger partial charge in [-0.3, -0.25) is 0 Å². The van der Waals surface area contributed by atoms with Gasteiger partial charge in [0.25, 0.3) is 0 Å². The Balaban J connectivity index is 1.95. The molecule has 0 aliphatic rings. The SMILES string of the molecule is COCCNCc1nccn1Cc1nc(C)c(C)s1. The van der Waals surface area contributed by atoms with Crippen molar-refractivity contribution in [3.05, 3.63) is 33.8 Å². The summed E-state index contributed by atoms with van der Waals surface area (Å²) < 4.78 is 7.14. The minimum atomic E-state index is 0.714. The Labute approximate surface area is 117 Å². The smallest absolute Gasteiger partial charge is 0.123 e. The highest BCUT2D eigenvalue weighted by atomic mass is 32.1. The molecule has 1 N–H and O–H groups in total. The van der Waals surface area contributed by atoms with Gasteiger partial charge in [-0.2, -0.15) is 0 Å². The van der Waals surface area contributed by atoms with Gasteiger partial charge in [0.1, 0.15) is 10.8 Å². The fourth-order valence-electron chi connectivity index (χ4n) is 1.78. The minimum Gasteiger partial charge on any atom is -0.383 e. The number of rotatable bonds is 7. The molecule has 104 valence electrons. The van der Waals surface area contributed by atoms with Crippen molar-refractivity contribution in [2.75, 3.05) is 20.3 Å². The number of methoxy groups -OCH3 is 1. The summed E-state index contributed by atoms with van der Waals surface area (Å²) in [5.74, 6) is 1.03. The molecule has 0 fully saturated rings. The maximum Gasteiger partial charge on any atom is 0.123 e. The second-order valence-electron chi connectivity index (χ2n) is 4.39. The highest BCUT2D eigenvalue weighted by Gasteiger charge is 2.07. The number of ether oxygens (including phenoxy) is 1. The average Bonchev–Trinajstić information content (AvgIpc) is 2.94. The number of nitrogens with one attached hydrogen (secondary N) is 1. The summed E-state index contributed by atoms with van der Waals surface area (Å²) in [4.78, 5) is 10.2. The molecule has 0 amide bonds. The van der Waals surface area contributed by atoms with Crippen LogP contribution in [-0.4, -0.2) is 34.8 Å². The lowest BCUT2D eigenvalue weighted by Crippen LogP contribution is -2.21.